The van der Waals surface area contributed by atoms with Gasteiger partial charge in [-0.05, 0) is 37.9 Å². The molecule has 0 radical (unpaired) electrons. The van der Waals surface area contributed by atoms with Gasteiger partial charge < -0.3 is 11.1 Å². The Labute approximate surface area is 89.8 Å². The van der Waals surface area contributed by atoms with Gasteiger partial charge in [-0.25, -0.2) is 0 Å². The molecule has 3 rings (SSSR count). The zero-order valence-electron chi connectivity index (χ0n) is 9.16. The van der Waals surface area contributed by atoms with Crippen molar-refractivity contribution in [2.24, 2.45) is 12.8 Å². The SMILES string of the molecule is Cn1ncc2c1C1(CCNCC1)[C@H](N)C2. The van der Waals surface area contributed by atoms with Crippen LogP contribution in [0.1, 0.15) is 24.1 Å². The van der Waals surface area contributed by atoms with Crippen LogP contribution in [0, 0.1) is 0 Å². The van der Waals surface area contributed by atoms with E-state index >= 15 is 0 Å². The summed E-state index contributed by atoms with van der Waals surface area (Å²) >= 11 is 0. The summed E-state index contributed by atoms with van der Waals surface area (Å²) in [7, 11) is 2.04. The first-order valence-corrected chi connectivity index (χ1v) is 5.72. The summed E-state index contributed by atoms with van der Waals surface area (Å²) in [6.07, 6.45) is 5.30. The van der Waals surface area contributed by atoms with Gasteiger partial charge in [0.25, 0.3) is 0 Å². The number of nitrogens with zero attached hydrogens (tertiary/aromatic N) is 2. The van der Waals surface area contributed by atoms with Crippen LogP contribution in [0.25, 0.3) is 0 Å². The van der Waals surface area contributed by atoms with Crippen LogP contribution in [0.2, 0.25) is 0 Å². The van der Waals surface area contributed by atoms with Gasteiger partial charge in [0.1, 0.15) is 0 Å². The van der Waals surface area contributed by atoms with Gasteiger partial charge in [0.2, 0.25) is 0 Å². The third kappa shape index (κ3) is 1.12. The molecule has 0 aromatic carbocycles. The van der Waals surface area contributed by atoms with E-state index in [2.05, 4.69) is 10.4 Å². The molecule has 4 heteroatoms. The quantitative estimate of drug-likeness (QED) is 0.624. The molecule has 0 saturated carbocycles. The maximum atomic E-state index is 6.34. The maximum Gasteiger partial charge on any atom is 0.0525 e. The van der Waals surface area contributed by atoms with Crippen LogP contribution in [0.4, 0.5) is 0 Å². The Balaban J connectivity index is 2.10. The third-order valence-corrected chi connectivity index (χ3v) is 4.13. The van der Waals surface area contributed by atoms with Gasteiger partial charge >= 0.3 is 0 Å². The average molecular weight is 206 g/mol. The van der Waals surface area contributed by atoms with E-state index in [4.69, 9.17) is 5.73 Å². The van der Waals surface area contributed by atoms with E-state index in [0.29, 0.717) is 6.04 Å². The minimum absolute atomic E-state index is 0.200. The average Bonchev–Trinajstić information content (AvgIpc) is 2.72. The molecule has 0 bridgehead atoms. The first-order chi connectivity index (χ1) is 7.24. The van der Waals surface area contributed by atoms with Crippen molar-refractivity contribution in [1.29, 1.82) is 0 Å². The molecule has 1 fully saturated rings. The third-order valence-electron chi connectivity index (χ3n) is 4.13. The summed E-state index contributed by atoms with van der Waals surface area (Å²) < 4.78 is 2.04. The van der Waals surface area contributed by atoms with Crippen molar-refractivity contribution >= 4 is 0 Å². The van der Waals surface area contributed by atoms with E-state index in [1.54, 1.807) is 0 Å². The molecule has 1 spiro atoms. The molecule has 1 aromatic heterocycles. The normalized spacial score (nSPS) is 28.3. The molecule has 82 valence electrons. The topological polar surface area (TPSA) is 55.9 Å². The Morgan fingerprint density at radius 3 is 3.00 bits per heavy atom. The Morgan fingerprint density at radius 2 is 2.27 bits per heavy atom. The number of fused-ring (bicyclic) bond motifs is 2. The fourth-order valence-corrected chi connectivity index (χ4v) is 3.36. The number of aromatic nitrogens is 2. The lowest BCUT2D eigenvalue weighted by atomic mass is 9.74. The van der Waals surface area contributed by atoms with E-state index in [9.17, 15) is 0 Å². The molecule has 2 aliphatic rings. The van der Waals surface area contributed by atoms with Crippen molar-refractivity contribution in [3.63, 3.8) is 0 Å². The lowest BCUT2D eigenvalue weighted by Gasteiger charge is -2.38. The van der Waals surface area contributed by atoms with Gasteiger partial charge in [-0.15, -0.1) is 0 Å². The molecule has 2 heterocycles. The van der Waals surface area contributed by atoms with Gasteiger partial charge in [-0.1, -0.05) is 0 Å². The van der Waals surface area contributed by atoms with E-state index in [0.717, 1.165) is 32.4 Å². The summed E-state index contributed by atoms with van der Waals surface area (Å²) in [6.45, 7) is 2.16. The molecule has 1 atom stereocenters. The number of nitrogens with one attached hydrogen (secondary N) is 1. The number of nitrogens with two attached hydrogens (primary N) is 1. The zero-order chi connectivity index (χ0) is 10.5. The monoisotopic (exact) mass is 206 g/mol. The smallest absolute Gasteiger partial charge is 0.0525 e. The molecule has 1 saturated heterocycles. The van der Waals surface area contributed by atoms with Crippen molar-refractivity contribution in [1.82, 2.24) is 15.1 Å². The standard InChI is InChI=1S/C11H18N4/c1-15-10-8(7-14-15)6-9(12)11(10)2-4-13-5-3-11/h7,9,13H,2-6,12H2,1H3/t9-/m1/s1. The number of piperidine rings is 1. The van der Waals surface area contributed by atoms with Crippen LogP contribution in [0.5, 0.6) is 0 Å². The van der Waals surface area contributed by atoms with Crippen molar-refractivity contribution in [2.45, 2.75) is 30.7 Å². The minimum atomic E-state index is 0.200. The lowest BCUT2D eigenvalue weighted by Crippen LogP contribution is -2.50. The molecular weight excluding hydrogens is 188 g/mol. The fourth-order valence-electron chi connectivity index (χ4n) is 3.36. The number of aryl methyl sites for hydroxylation is 1. The Morgan fingerprint density at radius 1 is 1.53 bits per heavy atom. The van der Waals surface area contributed by atoms with Gasteiger partial charge in [0, 0.05) is 24.2 Å². The second-order valence-corrected chi connectivity index (χ2v) is 4.86. The Hall–Kier alpha value is -0.870. The highest BCUT2D eigenvalue weighted by Gasteiger charge is 2.47. The second kappa shape index (κ2) is 3.06. The summed E-state index contributed by atoms with van der Waals surface area (Å²) in [5.74, 6) is 0. The molecule has 0 amide bonds. The highest BCUT2D eigenvalue weighted by molar-refractivity contribution is 5.37. The summed E-state index contributed by atoms with van der Waals surface area (Å²) in [5, 5.41) is 7.78. The predicted octanol–water partition coefficient (Wildman–Crippen LogP) is -0.0753. The maximum absolute atomic E-state index is 6.34. The highest BCUT2D eigenvalue weighted by atomic mass is 15.3. The second-order valence-electron chi connectivity index (χ2n) is 4.86. The van der Waals surface area contributed by atoms with E-state index in [-0.39, 0.29) is 5.41 Å². The van der Waals surface area contributed by atoms with Crippen LogP contribution in [0.3, 0.4) is 0 Å². The minimum Gasteiger partial charge on any atom is -0.327 e. The first-order valence-electron chi connectivity index (χ1n) is 5.72. The van der Waals surface area contributed by atoms with E-state index < -0.39 is 0 Å². The van der Waals surface area contributed by atoms with Crippen molar-refractivity contribution < 1.29 is 0 Å². The van der Waals surface area contributed by atoms with Crippen LogP contribution >= 0.6 is 0 Å². The summed E-state index contributed by atoms with van der Waals surface area (Å²) in [5.41, 5.74) is 9.31. The number of rotatable bonds is 0. The van der Waals surface area contributed by atoms with Crippen LogP contribution in [-0.2, 0) is 18.9 Å². The van der Waals surface area contributed by atoms with Crippen LogP contribution < -0.4 is 11.1 Å². The van der Waals surface area contributed by atoms with Gasteiger partial charge in [0.15, 0.2) is 0 Å². The van der Waals surface area contributed by atoms with E-state index in [1.807, 2.05) is 17.9 Å². The van der Waals surface area contributed by atoms with Crippen LogP contribution in [0.15, 0.2) is 6.20 Å². The molecular formula is C11H18N4. The number of hydrogen-bond donors (Lipinski definition) is 2. The Bertz CT molecular complexity index is 376. The highest BCUT2D eigenvalue weighted by Crippen LogP contribution is 2.43. The molecule has 1 aromatic rings. The molecule has 0 unspecified atom stereocenters. The van der Waals surface area contributed by atoms with Crippen LogP contribution in [-0.4, -0.2) is 28.9 Å². The molecule has 1 aliphatic heterocycles. The van der Waals surface area contributed by atoms with Gasteiger partial charge in [-0.3, -0.25) is 4.68 Å². The number of hydrogen-bond acceptors (Lipinski definition) is 3. The van der Waals surface area contributed by atoms with E-state index in [1.165, 1.54) is 11.3 Å². The fraction of sp³-hybridized carbons (Fsp3) is 0.727. The lowest BCUT2D eigenvalue weighted by molar-refractivity contribution is 0.259. The van der Waals surface area contributed by atoms with Crippen molar-refractivity contribution in [3.8, 4) is 0 Å². The molecule has 15 heavy (non-hydrogen) atoms. The zero-order valence-corrected chi connectivity index (χ0v) is 9.16. The Kier molecular flexibility index (Phi) is 1.91. The molecule has 3 N–H and O–H groups in total. The molecule has 4 nitrogen and oxygen atoms in total. The summed E-state index contributed by atoms with van der Waals surface area (Å²) in [4.78, 5) is 0. The first kappa shape index (κ1) is 9.36. The van der Waals surface area contributed by atoms with Gasteiger partial charge in [-0.2, -0.15) is 5.10 Å². The van der Waals surface area contributed by atoms with Crippen molar-refractivity contribution in [2.75, 3.05) is 13.1 Å². The molecule has 1 aliphatic carbocycles. The predicted molar refractivity (Wildman–Crippen MR) is 58.7 cm³/mol. The summed E-state index contributed by atoms with van der Waals surface area (Å²) in [6, 6.07) is 0.291. The van der Waals surface area contributed by atoms with Crippen molar-refractivity contribution in [3.05, 3.63) is 17.5 Å². The largest absolute Gasteiger partial charge is 0.327 e. The van der Waals surface area contributed by atoms with Gasteiger partial charge in [0.05, 0.1) is 6.20 Å².